The standard InChI is InChI=1S/C9H11N3O4/c13-5-6-16-9-8(12(14)15)7-3-1-2-4-11(7)10-9/h1-4,13-15H,5-6H2. The number of hydrogen-bond acceptors (Lipinski definition) is 6. The molecule has 3 N–H and O–H groups in total. The number of aromatic nitrogens is 2. The van der Waals surface area contributed by atoms with Gasteiger partial charge in [-0.3, -0.25) is 10.4 Å². The fourth-order valence-corrected chi connectivity index (χ4v) is 1.39. The molecular weight excluding hydrogens is 214 g/mol. The second-order valence-corrected chi connectivity index (χ2v) is 3.05. The Bertz CT molecular complexity index is 483. The highest BCUT2D eigenvalue weighted by atomic mass is 16.8. The molecule has 0 saturated carbocycles. The normalized spacial score (nSPS) is 10.7. The van der Waals surface area contributed by atoms with Gasteiger partial charge in [0.15, 0.2) is 5.69 Å². The summed E-state index contributed by atoms with van der Waals surface area (Å²) in [7, 11) is 0. The number of hydrogen-bond donors (Lipinski definition) is 3. The van der Waals surface area contributed by atoms with E-state index in [1.54, 1.807) is 24.4 Å². The summed E-state index contributed by atoms with van der Waals surface area (Å²) >= 11 is 0. The zero-order valence-corrected chi connectivity index (χ0v) is 8.32. The zero-order chi connectivity index (χ0) is 11.5. The Hall–Kier alpha value is -1.83. The van der Waals surface area contributed by atoms with Crippen LogP contribution >= 0.6 is 0 Å². The maximum absolute atomic E-state index is 9.08. The molecule has 0 saturated heterocycles. The average Bonchev–Trinajstić information content (AvgIpc) is 2.64. The van der Waals surface area contributed by atoms with Crippen molar-refractivity contribution >= 4 is 11.2 Å². The minimum atomic E-state index is -0.176. The number of nitrogens with zero attached hydrogens (tertiary/aromatic N) is 3. The molecule has 0 atom stereocenters. The van der Waals surface area contributed by atoms with Crippen molar-refractivity contribution in [3.05, 3.63) is 24.4 Å². The Morgan fingerprint density at radius 3 is 2.88 bits per heavy atom. The summed E-state index contributed by atoms with van der Waals surface area (Å²) in [6.07, 6.45) is 1.65. The van der Waals surface area contributed by atoms with E-state index in [4.69, 9.17) is 20.3 Å². The van der Waals surface area contributed by atoms with Gasteiger partial charge in [-0.25, -0.2) is 4.52 Å². The second-order valence-electron chi connectivity index (χ2n) is 3.05. The highest BCUT2D eigenvalue weighted by Crippen LogP contribution is 2.30. The van der Waals surface area contributed by atoms with Gasteiger partial charge in [-0.2, -0.15) is 0 Å². The quantitative estimate of drug-likeness (QED) is 0.648. The van der Waals surface area contributed by atoms with Crippen molar-refractivity contribution in [3.8, 4) is 5.88 Å². The molecule has 2 heterocycles. The van der Waals surface area contributed by atoms with Crippen LogP contribution in [0.1, 0.15) is 0 Å². The lowest BCUT2D eigenvalue weighted by atomic mass is 10.3. The largest absolute Gasteiger partial charge is 0.473 e. The fourth-order valence-electron chi connectivity index (χ4n) is 1.39. The van der Waals surface area contributed by atoms with Crippen LogP contribution < -0.4 is 9.96 Å². The van der Waals surface area contributed by atoms with E-state index in [1.807, 2.05) is 0 Å². The van der Waals surface area contributed by atoms with Crippen LogP contribution in [0.5, 0.6) is 5.88 Å². The van der Waals surface area contributed by atoms with Gasteiger partial charge in [-0.1, -0.05) is 6.07 Å². The minimum Gasteiger partial charge on any atom is -0.473 e. The molecule has 0 bridgehead atoms. The molecule has 0 aliphatic rings. The number of ether oxygens (including phenoxy) is 1. The summed E-state index contributed by atoms with van der Waals surface area (Å²) < 4.78 is 6.53. The summed E-state index contributed by atoms with van der Waals surface area (Å²) in [4.78, 5) is 0. The molecule has 0 fully saturated rings. The van der Waals surface area contributed by atoms with Gasteiger partial charge in [0.25, 0.3) is 5.88 Å². The Kier molecular flexibility index (Phi) is 2.91. The van der Waals surface area contributed by atoms with E-state index in [1.165, 1.54) is 4.52 Å². The van der Waals surface area contributed by atoms with Gasteiger partial charge >= 0.3 is 0 Å². The lowest BCUT2D eigenvalue weighted by Gasteiger charge is -2.08. The number of fused-ring (bicyclic) bond motifs is 1. The first kappa shape index (κ1) is 10.7. The first-order valence-electron chi connectivity index (χ1n) is 4.63. The molecule has 0 aromatic carbocycles. The molecule has 7 nitrogen and oxygen atoms in total. The zero-order valence-electron chi connectivity index (χ0n) is 8.32. The van der Waals surface area contributed by atoms with Gasteiger partial charge in [0.2, 0.25) is 0 Å². The molecule has 0 aliphatic carbocycles. The highest BCUT2D eigenvalue weighted by molar-refractivity contribution is 5.76. The van der Waals surface area contributed by atoms with Gasteiger partial charge in [-0.15, -0.1) is 10.3 Å². The van der Waals surface area contributed by atoms with Gasteiger partial charge in [0, 0.05) is 6.20 Å². The number of aliphatic hydroxyl groups is 1. The van der Waals surface area contributed by atoms with Gasteiger partial charge < -0.3 is 9.84 Å². The number of anilines is 1. The van der Waals surface area contributed by atoms with Crippen molar-refractivity contribution in [1.29, 1.82) is 0 Å². The van der Waals surface area contributed by atoms with Crippen molar-refractivity contribution in [2.75, 3.05) is 18.4 Å². The Morgan fingerprint density at radius 1 is 1.38 bits per heavy atom. The third-order valence-corrected chi connectivity index (χ3v) is 2.01. The van der Waals surface area contributed by atoms with Crippen LogP contribution in [0.4, 0.5) is 5.69 Å². The van der Waals surface area contributed by atoms with Crippen molar-refractivity contribution < 1.29 is 20.3 Å². The van der Waals surface area contributed by atoms with Crippen LogP contribution in [0, 0.1) is 0 Å². The van der Waals surface area contributed by atoms with E-state index in [0.717, 1.165) is 0 Å². The third kappa shape index (κ3) is 1.78. The van der Waals surface area contributed by atoms with Crippen molar-refractivity contribution in [2.24, 2.45) is 0 Å². The van der Waals surface area contributed by atoms with Gasteiger partial charge in [0.1, 0.15) is 6.61 Å². The number of pyridine rings is 1. The van der Waals surface area contributed by atoms with E-state index < -0.39 is 0 Å². The van der Waals surface area contributed by atoms with Gasteiger partial charge in [-0.05, 0) is 12.1 Å². The molecule has 86 valence electrons. The smallest absolute Gasteiger partial charge is 0.263 e. The Morgan fingerprint density at radius 2 is 2.19 bits per heavy atom. The van der Waals surface area contributed by atoms with E-state index in [9.17, 15) is 0 Å². The van der Waals surface area contributed by atoms with Crippen LogP contribution in [0.2, 0.25) is 0 Å². The summed E-state index contributed by atoms with van der Waals surface area (Å²) in [6.45, 7) is -0.144. The van der Waals surface area contributed by atoms with Crippen molar-refractivity contribution in [2.45, 2.75) is 0 Å². The molecular formula is C9H11N3O4. The minimum absolute atomic E-state index is 0.0325. The van der Waals surface area contributed by atoms with Crippen LogP contribution in [0.25, 0.3) is 5.52 Å². The average molecular weight is 225 g/mol. The van der Waals surface area contributed by atoms with Crippen molar-refractivity contribution in [1.82, 2.24) is 9.61 Å². The topological polar surface area (TPSA) is 90.5 Å². The molecule has 7 heteroatoms. The fraction of sp³-hybridized carbons (Fsp3) is 0.222. The number of aliphatic hydroxyl groups excluding tert-OH is 1. The molecule has 0 aliphatic heterocycles. The first-order chi connectivity index (χ1) is 7.74. The molecule has 0 radical (unpaired) electrons. The number of rotatable bonds is 4. The lowest BCUT2D eigenvalue weighted by Crippen LogP contribution is -2.13. The van der Waals surface area contributed by atoms with E-state index in [0.29, 0.717) is 5.52 Å². The molecule has 2 aromatic heterocycles. The Balaban J connectivity index is 2.50. The molecule has 0 spiro atoms. The molecule has 16 heavy (non-hydrogen) atoms. The predicted molar refractivity (Wildman–Crippen MR) is 53.8 cm³/mol. The Labute approximate surface area is 90.6 Å². The lowest BCUT2D eigenvalue weighted by molar-refractivity contribution is 0.0281. The van der Waals surface area contributed by atoms with Gasteiger partial charge in [0.05, 0.1) is 12.1 Å². The van der Waals surface area contributed by atoms with Crippen LogP contribution in [0.3, 0.4) is 0 Å². The second kappa shape index (κ2) is 4.35. The SMILES string of the molecule is OCCOc1nn2ccccc2c1N(O)O. The predicted octanol–water partition coefficient (Wildman–Crippen LogP) is 0.290. The molecule has 0 amide bonds. The summed E-state index contributed by atoms with van der Waals surface area (Å²) in [5.41, 5.74) is 0.523. The summed E-state index contributed by atoms with van der Waals surface area (Å²) in [5, 5.41) is 30.7. The van der Waals surface area contributed by atoms with Crippen LogP contribution in [0.15, 0.2) is 24.4 Å². The van der Waals surface area contributed by atoms with E-state index in [2.05, 4.69) is 5.10 Å². The third-order valence-electron chi connectivity index (χ3n) is 2.01. The first-order valence-corrected chi connectivity index (χ1v) is 4.63. The summed E-state index contributed by atoms with van der Waals surface area (Å²) in [5.74, 6) is 0.0465. The van der Waals surface area contributed by atoms with Crippen molar-refractivity contribution in [3.63, 3.8) is 0 Å². The molecule has 2 aromatic rings. The van der Waals surface area contributed by atoms with Crippen LogP contribution in [-0.2, 0) is 0 Å². The van der Waals surface area contributed by atoms with Crippen LogP contribution in [-0.4, -0.2) is 38.3 Å². The molecule has 0 unspecified atom stereocenters. The van der Waals surface area contributed by atoms with E-state index >= 15 is 0 Å². The summed E-state index contributed by atoms with van der Waals surface area (Å²) in [6, 6.07) is 5.14. The molecule has 2 rings (SSSR count). The van der Waals surface area contributed by atoms with E-state index in [-0.39, 0.29) is 30.0 Å². The monoisotopic (exact) mass is 225 g/mol. The maximum atomic E-state index is 9.08. The maximum Gasteiger partial charge on any atom is 0.263 e. The highest BCUT2D eigenvalue weighted by Gasteiger charge is 2.18.